The van der Waals surface area contributed by atoms with Gasteiger partial charge < -0.3 is 9.64 Å². The van der Waals surface area contributed by atoms with Gasteiger partial charge in [-0.2, -0.15) is 4.31 Å². The lowest BCUT2D eigenvalue weighted by molar-refractivity contribution is -0.135. The van der Waals surface area contributed by atoms with Crippen molar-refractivity contribution in [2.45, 2.75) is 18.4 Å². The molecule has 1 aliphatic heterocycles. The molecule has 1 amide bonds. The number of rotatable bonds is 6. The minimum Gasteiger partial charge on any atom is -0.378 e. The van der Waals surface area contributed by atoms with Crippen molar-refractivity contribution in [3.63, 3.8) is 0 Å². The first-order valence-corrected chi connectivity index (χ1v) is 10.5. The number of sulfonamides is 1. The maximum atomic E-state index is 14.2. The zero-order valence-corrected chi connectivity index (χ0v) is 16.5. The number of hydrogen-bond donors (Lipinski definition) is 0. The number of nitrogens with zero attached hydrogens (tertiary/aromatic N) is 2. The molecule has 0 radical (unpaired) electrons. The molecule has 0 aliphatic carbocycles. The van der Waals surface area contributed by atoms with Crippen molar-refractivity contribution in [3.8, 4) is 0 Å². The van der Waals surface area contributed by atoms with E-state index < -0.39 is 15.8 Å². The Hall–Kier alpha value is -2.29. The zero-order chi connectivity index (χ0) is 20.1. The topological polar surface area (TPSA) is 66.9 Å². The lowest BCUT2D eigenvalue weighted by Crippen LogP contribution is -2.46. The molecule has 1 heterocycles. The second-order valence-electron chi connectivity index (χ2n) is 6.67. The molecule has 0 aromatic heterocycles. The van der Waals surface area contributed by atoms with Crippen LogP contribution in [0.3, 0.4) is 0 Å². The van der Waals surface area contributed by atoms with Crippen LogP contribution in [0, 0.1) is 12.7 Å². The van der Waals surface area contributed by atoms with Crippen LogP contribution in [-0.2, 0) is 26.1 Å². The van der Waals surface area contributed by atoms with Gasteiger partial charge in [-0.3, -0.25) is 4.79 Å². The first-order valence-electron chi connectivity index (χ1n) is 9.03. The summed E-state index contributed by atoms with van der Waals surface area (Å²) in [6.45, 7) is 2.94. The minimum absolute atomic E-state index is 0.0733. The molecule has 0 bridgehead atoms. The number of morpholine rings is 1. The standard InChI is InChI=1S/C20H23FN2O4S/c1-16-6-8-18(9-7-16)28(25,26)23(14-17-4-2-3-5-19(17)21)15-20(24)22-10-12-27-13-11-22/h2-9H,10-15H2,1H3. The molecule has 6 nitrogen and oxygen atoms in total. The summed E-state index contributed by atoms with van der Waals surface area (Å²) in [5, 5.41) is 0. The van der Waals surface area contributed by atoms with Crippen LogP contribution in [-0.4, -0.2) is 56.4 Å². The van der Waals surface area contributed by atoms with Gasteiger partial charge in [-0.25, -0.2) is 12.8 Å². The summed E-state index contributed by atoms with van der Waals surface area (Å²) in [6.07, 6.45) is 0. The molecule has 3 rings (SSSR count). The van der Waals surface area contributed by atoms with Gasteiger partial charge in [-0.05, 0) is 25.1 Å². The zero-order valence-electron chi connectivity index (χ0n) is 15.7. The van der Waals surface area contributed by atoms with Gasteiger partial charge in [0, 0.05) is 25.2 Å². The predicted octanol–water partition coefficient (Wildman–Crippen LogP) is 2.18. The van der Waals surface area contributed by atoms with Gasteiger partial charge in [-0.15, -0.1) is 0 Å². The first-order chi connectivity index (χ1) is 13.4. The van der Waals surface area contributed by atoms with E-state index in [2.05, 4.69) is 0 Å². The first kappa shape index (κ1) is 20.4. The molecule has 2 aromatic carbocycles. The number of carbonyl (C=O) groups excluding carboxylic acids is 1. The molecule has 150 valence electrons. The van der Waals surface area contributed by atoms with Gasteiger partial charge in [0.15, 0.2) is 0 Å². The third kappa shape index (κ3) is 4.76. The number of ether oxygens (including phenoxy) is 1. The van der Waals surface area contributed by atoms with Crippen LogP contribution in [0.4, 0.5) is 4.39 Å². The number of aryl methyl sites for hydroxylation is 1. The fourth-order valence-electron chi connectivity index (χ4n) is 2.97. The van der Waals surface area contributed by atoms with Gasteiger partial charge in [0.05, 0.1) is 24.7 Å². The Kier molecular flexibility index (Phi) is 6.43. The van der Waals surface area contributed by atoms with E-state index in [0.717, 1.165) is 9.87 Å². The normalized spacial score (nSPS) is 15.0. The molecule has 0 N–H and O–H groups in total. The Morgan fingerprint density at radius 1 is 1.11 bits per heavy atom. The van der Waals surface area contributed by atoms with Crippen molar-refractivity contribution < 1.29 is 22.3 Å². The predicted molar refractivity (Wildman–Crippen MR) is 103 cm³/mol. The van der Waals surface area contributed by atoms with Crippen LogP contribution >= 0.6 is 0 Å². The molecule has 2 aromatic rings. The number of benzene rings is 2. The third-order valence-corrected chi connectivity index (χ3v) is 6.44. The molecule has 1 aliphatic rings. The summed E-state index contributed by atoms with van der Waals surface area (Å²) in [7, 11) is -3.98. The van der Waals surface area contributed by atoms with Crippen LogP contribution < -0.4 is 0 Å². The molecule has 0 atom stereocenters. The second kappa shape index (κ2) is 8.81. The molecule has 28 heavy (non-hydrogen) atoms. The number of amides is 1. The Balaban J connectivity index is 1.90. The van der Waals surface area contributed by atoms with E-state index in [9.17, 15) is 17.6 Å². The molecule has 1 saturated heterocycles. The average Bonchev–Trinajstić information content (AvgIpc) is 2.70. The van der Waals surface area contributed by atoms with E-state index in [0.29, 0.717) is 26.3 Å². The summed E-state index contributed by atoms with van der Waals surface area (Å²) in [4.78, 5) is 14.3. The largest absolute Gasteiger partial charge is 0.378 e. The van der Waals surface area contributed by atoms with Crippen LogP contribution in [0.1, 0.15) is 11.1 Å². The van der Waals surface area contributed by atoms with Crippen molar-refractivity contribution in [2.24, 2.45) is 0 Å². The Labute approximate surface area is 164 Å². The average molecular weight is 406 g/mol. The van der Waals surface area contributed by atoms with Crippen molar-refractivity contribution >= 4 is 15.9 Å². The number of carbonyl (C=O) groups is 1. The molecule has 0 saturated carbocycles. The molecule has 0 spiro atoms. The molecular weight excluding hydrogens is 383 g/mol. The van der Waals surface area contributed by atoms with Crippen molar-refractivity contribution in [1.82, 2.24) is 9.21 Å². The SMILES string of the molecule is Cc1ccc(S(=O)(=O)N(CC(=O)N2CCOCC2)Cc2ccccc2F)cc1. The van der Waals surface area contributed by atoms with E-state index >= 15 is 0 Å². The lowest BCUT2D eigenvalue weighted by atomic mass is 10.2. The van der Waals surface area contributed by atoms with Gasteiger partial charge in [0.1, 0.15) is 5.82 Å². The molecule has 8 heteroatoms. The number of hydrogen-bond acceptors (Lipinski definition) is 4. The van der Waals surface area contributed by atoms with Crippen molar-refractivity contribution in [3.05, 3.63) is 65.5 Å². The maximum absolute atomic E-state index is 14.2. The summed E-state index contributed by atoms with van der Waals surface area (Å²) in [5.41, 5.74) is 1.14. The maximum Gasteiger partial charge on any atom is 0.243 e. The smallest absolute Gasteiger partial charge is 0.243 e. The van der Waals surface area contributed by atoms with Crippen molar-refractivity contribution in [1.29, 1.82) is 0 Å². The van der Waals surface area contributed by atoms with Crippen LogP contribution in [0.25, 0.3) is 0 Å². The fourth-order valence-corrected chi connectivity index (χ4v) is 4.33. The Morgan fingerprint density at radius 3 is 2.39 bits per heavy atom. The van der Waals surface area contributed by atoms with Crippen LogP contribution in [0.2, 0.25) is 0 Å². The summed E-state index contributed by atoms with van der Waals surface area (Å²) >= 11 is 0. The van der Waals surface area contributed by atoms with Crippen LogP contribution in [0.15, 0.2) is 53.4 Å². The van der Waals surface area contributed by atoms with E-state index in [1.54, 1.807) is 23.1 Å². The van der Waals surface area contributed by atoms with E-state index in [1.165, 1.54) is 30.3 Å². The molecule has 0 unspecified atom stereocenters. The summed E-state index contributed by atoms with van der Waals surface area (Å²) < 4.78 is 46.8. The third-order valence-electron chi connectivity index (χ3n) is 4.64. The van der Waals surface area contributed by atoms with Crippen molar-refractivity contribution in [2.75, 3.05) is 32.8 Å². The van der Waals surface area contributed by atoms with Crippen LogP contribution in [0.5, 0.6) is 0 Å². The number of halogens is 1. The van der Waals surface area contributed by atoms with E-state index in [1.807, 2.05) is 6.92 Å². The highest BCUT2D eigenvalue weighted by Crippen LogP contribution is 2.20. The highest BCUT2D eigenvalue weighted by Gasteiger charge is 2.29. The van der Waals surface area contributed by atoms with E-state index in [-0.39, 0.29) is 29.5 Å². The van der Waals surface area contributed by atoms with E-state index in [4.69, 9.17) is 4.74 Å². The minimum atomic E-state index is -3.98. The highest BCUT2D eigenvalue weighted by molar-refractivity contribution is 7.89. The Bertz CT molecular complexity index is 925. The van der Waals surface area contributed by atoms with Gasteiger partial charge in [0.25, 0.3) is 0 Å². The molecular formula is C20H23FN2O4S. The summed E-state index contributed by atoms with van der Waals surface area (Å²) in [5.74, 6) is -0.833. The lowest BCUT2D eigenvalue weighted by Gasteiger charge is -2.29. The monoisotopic (exact) mass is 406 g/mol. The van der Waals surface area contributed by atoms with Gasteiger partial charge in [0.2, 0.25) is 15.9 Å². The Morgan fingerprint density at radius 2 is 1.75 bits per heavy atom. The quantitative estimate of drug-likeness (QED) is 0.738. The highest BCUT2D eigenvalue weighted by atomic mass is 32.2. The van der Waals surface area contributed by atoms with Gasteiger partial charge in [-0.1, -0.05) is 35.9 Å². The fraction of sp³-hybridized carbons (Fsp3) is 0.350. The van der Waals surface area contributed by atoms with Gasteiger partial charge >= 0.3 is 0 Å². The second-order valence-corrected chi connectivity index (χ2v) is 8.61. The summed E-state index contributed by atoms with van der Waals surface area (Å²) in [6, 6.07) is 12.4. The molecule has 1 fully saturated rings.